The van der Waals surface area contributed by atoms with Crippen molar-refractivity contribution in [2.24, 2.45) is 5.92 Å². The standard InChI is InChI=1S/C17H23ClN2O5S/c1-3-25-17(22)13-5-4-10-20(11-13)16(21)12-19(2)26(23,24)15-8-6-14(18)7-9-15/h6-9,13H,3-5,10-12H2,1-2H3/t13-/m1/s1. The molecule has 0 aromatic heterocycles. The predicted molar refractivity (Wildman–Crippen MR) is 97.2 cm³/mol. The number of ether oxygens (including phenoxy) is 1. The lowest BCUT2D eigenvalue weighted by Crippen LogP contribution is -2.47. The molecule has 0 saturated carbocycles. The number of likely N-dealkylation sites (N-methyl/N-ethyl adjacent to an activating group) is 1. The minimum Gasteiger partial charge on any atom is -0.466 e. The number of sulfonamides is 1. The molecule has 1 amide bonds. The Kier molecular flexibility index (Phi) is 7.02. The Morgan fingerprint density at radius 2 is 1.96 bits per heavy atom. The van der Waals surface area contributed by atoms with Crippen LogP contribution < -0.4 is 0 Å². The molecule has 1 heterocycles. The van der Waals surface area contributed by atoms with Gasteiger partial charge in [0, 0.05) is 25.2 Å². The minimum atomic E-state index is -3.79. The van der Waals surface area contributed by atoms with Gasteiger partial charge in [0.25, 0.3) is 0 Å². The van der Waals surface area contributed by atoms with Gasteiger partial charge in [0.05, 0.1) is 24.0 Å². The highest BCUT2D eigenvalue weighted by molar-refractivity contribution is 7.89. The second kappa shape index (κ2) is 8.83. The monoisotopic (exact) mass is 402 g/mol. The number of piperidine rings is 1. The largest absolute Gasteiger partial charge is 0.466 e. The summed E-state index contributed by atoms with van der Waals surface area (Å²) in [5, 5.41) is 0.431. The van der Waals surface area contributed by atoms with Gasteiger partial charge >= 0.3 is 5.97 Å². The van der Waals surface area contributed by atoms with Crippen LogP contribution in [0.3, 0.4) is 0 Å². The van der Waals surface area contributed by atoms with Crippen molar-refractivity contribution in [2.75, 3.05) is 33.3 Å². The maximum Gasteiger partial charge on any atom is 0.310 e. The number of nitrogens with zero attached hydrogens (tertiary/aromatic N) is 2. The lowest BCUT2D eigenvalue weighted by molar-refractivity contribution is -0.151. The van der Waals surface area contributed by atoms with Crippen molar-refractivity contribution in [3.8, 4) is 0 Å². The second-order valence-electron chi connectivity index (χ2n) is 6.15. The highest BCUT2D eigenvalue weighted by Crippen LogP contribution is 2.20. The summed E-state index contributed by atoms with van der Waals surface area (Å²) in [5.74, 6) is -1.00. The zero-order valence-corrected chi connectivity index (χ0v) is 16.4. The molecule has 7 nitrogen and oxygen atoms in total. The Labute approximate surface area is 158 Å². The lowest BCUT2D eigenvalue weighted by atomic mass is 9.98. The maximum absolute atomic E-state index is 12.6. The molecule has 0 aliphatic carbocycles. The molecule has 0 radical (unpaired) electrons. The van der Waals surface area contributed by atoms with Crippen LogP contribution in [0.15, 0.2) is 29.2 Å². The smallest absolute Gasteiger partial charge is 0.310 e. The van der Waals surface area contributed by atoms with Crippen molar-refractivity contribution in [3.63, 3.8) is 0 Å². The average molecular weight is 403 g/mol. The predicted octanol–water partition coefficient (Wildman–Crippen LogP) is 1.76. The number of amides is 1. The summed E-state index contributed by atoms with van der Waals surface area (Å²) in [6.07, 6.45) is 1.35. The Hall–Kier alpha value is -1.64. The lowest BCUT2D eigenvalue weighted by Gasteiger charge is -2.32. The van der Waals surface area contributed by atoms with Gasteiger partial charge in [0.2, 0.25) is 15.9 Å². The van der Waals surface area contributed by atoms with E-state index in [4.69, 9.17) is 16.3 Å². The van der Waals surface area contributed by atoms with E-state index >= 15 is 0 Å². The first-order valence-corrected chi connectivity index (χ1v) is 10.2. The summed E-state index contributed by atoms with van der Waals surface area (Å²) >= 11 is 5.78. The van der Waals surface area contributed by atoms with Gasteiger partial charge in [0.15, 0.2) is 0 Å². The molecule has 0 bridgehead atoms. The highest BCUT2D eigenvalue weighted by atomic mass is 35.5. The minimum absolute atomic E-state index is 0.0697. The summed E-state index contributed by atoms with van der Waals surface area (Å²) in [4.78, 5) is 26.0. The van der Waals surface area contributed by atoms with Crippen LogP contribution in [0.1, 0.15) is 19.8 Å². The highest BCUT2D eigenvalue weighted by Gasteiger charge is 2.31. The molecule has 1 aliphatic heterocycles. The van der Waals surface area contributed by atoms with E-state index in [1.807, 2.05) is 0 Å². The third kappa shape index (κ3) is 4.96. The van der Waals surface area contributed by atoms with E-state index < -0.39 is 10.0 Å². The molecule has 1 aromatic carbocycles. The van der Waals surface area contributed by atoms with Crippen LogP contribution in [-0.2, 0) is 24.3 Å². The Morgan fingerprint density at radius 3 is 2.58 bits per heavy atom. The first-order chi connectivity index (χ1) is 12.3. The molecule has 0 unspecified atom stereocenters. The first-order valence-electron chi connectivity index (χ1n) is 8.42. The van der Waals surface area contributed by atoms with Crippen molar-refractivity contribution in [1.29, 1.82) is 0 Å². The Balaban J connectivity index is 2.01. The average Bonchev–Trinajstić information content (AvgIpc) is 2.62. The fourth-order valence-corrected chi connectivity index (χ4v) is 4.06. The van der Waals surface area contributed by atoms with Crippen LogP contribution in [0, 0.1) is 5.92 Å². The van der Waals surface area contributed by atoms with Gasteiger partial charge in [-0.05, 0) is 44.0 Å². The number of likely N-dealkylation sites (tertiary alicyclic amines) is 1. The molecule has 26 heavy (non-hydrogen) atoms. The van der Waals surface area contributed by atoms with Gasteiger partial charge in [-0.1, -0.05) is 11.6 Å². The number of carbonyl (C=O) groups is 2. The van der Waals surface area contributed by atoms with Crippen LogP contribution >= 0.6 is 11.6 Å². The van der Waals surface area contributed by atoms with E-state index in [1.54, 1.807) is 6.92 Å². The van der Waals surface area contributed by atoms with E-state index in [0.29, 0.717) is 31.0 Å². The number of esters is 1. The molecule has 144 valence electrons. The van der Waals surface area contributed by atoms with E-state index in [0.717, 1.165) is 4.31 Å². The van der Waals surface area contributed by atoms with Gasteiger partial charge < -0.3 is 9.64 Å². The second-order valence-corrected chi connectivity index (χ2v) is 8.63. The zero-order valence-electron chi connectivity index (χ0n) is 14.9. The SMILES string of the molecule is CCOC(=O)[C@@H]1CCCN(C(=O)CN(C)S(=O)(=O)c2ccc(Cl)cc2)C1. The van der Waals surface area contributed by atoms with Crippen LogP contribution in [0.25, 0.3) is 0 Å². The summed E-state index contributed by atoms with van der Waals surface area (Å²) in [6, 6.07) is 5.77. The van der Waals surface area contributed by atoms with Crippen LogP contribution in [0.5, 0.6) is 0 Å². The first kappa shape index (κ1) is 20.7. The van der Waals surface area contributed by atoms with E-state index in [2.05, 4.69) is 0 Å². The normalized spacial score (nSPS) is 18.0. The fourth-order valence-electron chi connectivity index (χ4n) is 2.82. The number of hydrogen-bond donors (Lipinski definition) is 0. The fraction of sp³-hybridized carbons (Fsp3) is 0.529. The van der Waals surface area contributed by atoms with E-state index in [-0.39, 0.29) is 35.8 Å². The topological polar surface area (TPSA) is 84.0 Å². The molecular weight excluding hydrogens is 380 g/mol. The van der Waals surface area contributed by atoms with Crippen molar-refractivity contribution in [2.45, 2.75) is 24.7 Å². The van der Waals surface area contributed by atoms with Gasteiger partial charge in [-0.15, -0.1) is 0 Å². The number of benzene rings is 1. The molecule has 1 aromatic rings. The molecule has 1 saturated heterocycles. The zero-order chi connectivity index (χ0) is 19.3. The molecule has 0 N–H and O–H groups in total. The quantitative estimate of drug-likeness (QED) is 0.677. The van der Waals surface area contributed by atoms with Crippen molar-refractivity contribution in [1.82, 2.24) is 9.21 Å². The van der Waals surface area contributed by atoms with Crippen molar-refractivity contribution < 1.29 is 22.7 Å². The van der Waals surface area contributed by atoms with E-state index in [1.165, 1.54) is 36.2 Å². The summed E-state index contributed by atoms with van der Waals surface area (Å²) in [6.45, 7) is 2.50. The molecule has 9 heteroatoms. The number of carbonyl (C=O) groups excluding carboxylic acids is 2. The number of halogens is 1. The summed E-state index contributed by atoms with van der Waals surface area (Å²) in [5.41, 5.74) is 0. The Bertz CT molecular complexity index is 751. The molecule has 0 spiro atoms. The van der Waals surface area contributed by atoms with E-state index in [9.17, 15) is 18.0 Å². The van der Waals surface area contributed by atoms with Gasteiger partial charge in [-0.2, -0.15) is 4.31 Å². The summed E-state index contributed by atoms with van der Waals surface area (Å²) in [7, 11) is -2.44. The van der Waals surface area contributed by atoms with Crippen LogP contribution in [-0.4, -0.2) is 62.8 Å². The van der Waals surface area contributed by atoms with Crippen molar-refractivity contribution in [3.05, 3.63) is 29.3 Å². The summed E-state index contributed by atoms with van der Waals surface area (Å²) < 4.78 is 31.1. The third-order valence-electron chi connectivity index (χ3n) is 4.27. The molecule has 1 atom stereocenters. The van der Waals surface area contributed by atoms with Crippen LogP contribution in [0.4, 0.5) is 0 Å². The number of hydrogen-bond acceptors (Lipinski definition) is 5. The van der Waals surface area contributed by atoms with Gasteiger partial charge in [-0.25, -0.2) is 8.42 Å². The Morgan fingerprint density at radius 1 is 1.31 bits per heavy atom. The van der Waals surface area contributed by atoms with Crippen molar-refractivity contribution >= 4 is 33.5 Å². The van der Waals surface area contributed by atoms with Gasteiger partial charge in [0.1, 0.15) is 0 Å². The molecular formula is C17H23ClN2O5S. The molecule has 1 aliphatic rings. The molecule has 2 rings (SSSR count). The maximum atomic E-state index is 12.6. The number of rotatable bonds is 6. The van der Waals surface area contributed by atoms with Gasteiger partial charge in [-0.3, -0.25) is 9.59 Å². The molecule has 1 fully saturated rings. The van der Waals surface area contributed by atoms with Crippen LogP contribution in [0.2, 0.25) is 5.02 Å². The third-order valence-corrected chi connectivity index (χ3v) is 6.34.